The lowest BCUT2D eigenvalue weighted by Gasteiger charge is -2.23. The van der Waals surface area contributed by atoms with Gasteiger partial charge < -0.3 is 9.32 Å². The largest absolute Gasteiger partial charge is 0.467 e. The zero-order valence-electron chi connectivity index (χ0n) is 13.3. The SMILES string of the molecule is N#CCCN(Cc1ccco1)C(=O)CCCC1CCCCC1. The van der Waals surface area contributed by atoms with Crippen molar-refractivity contribution in [2.24, 2.45) is 5.92 Å². The van der Waals surface area contributed by atoms with Crippen molar-refractivity contribution < 1.29 is 9.21 Å². The third-order valence-corrected chi connectivity index (χ3v) is 4.50. The van der Waals surface area contributed by atoms with E-state index in [-0.39, 0.29) is 5.91 Å². The number of furan rings is 1. The smallest absolute Gasteiger partial charge is 0.223 e. The van der Waals surface area contributed by atoms with E-state index >= 15 is 0 Å². The molecule has 22 heavy (non-hydrogen) atoms. The second kappa shape index (κ2) is 9.30. The number of nitrogens with zero attached hydrogens (tertiary/aromatic N) is 2. The molecular formula is C18H26N2O2. The fourth-order valence-corrected chi connectivity index (χ4v) is 3.24. The van der Waals surface area contributed by atoms with Crippen LogP contribution in [0.4, 0.5) is 0 Å². The topological polar surface area (TPSA) is 57.2 Å². The fourth-order valence-electron chi connectivity index (χ4n) is 3.24. The summed E-state index contributed by atoms with van der Waals surface area (Å²) in [6.07, 6.45) is 11.4. The minimum atomic E-state index is 0.141. The molecule has 1 amide bonds. The van der Waals surface area contributed by atoms with Gasteiger partial charge in [0.15, 0.2) is 0 Å². The van der Waals surface area contributed by atoms with Crippen molar-refractivity contribution in [1.82, 2.24) is 4.90 Å². The van der Waals surface area contributed by atoms with Crippen molar-refractivity contribution in [2.75, 3.05) is 6.54 Å². The summed E-state index contributed by atoms with van der Waals surface area (Å²) in [6.45, 7) is 0.955. The molecule has 0 aromatic carbocycles. The van der Waals surface area contributed by atoms with E-state index in [0.29, 0.717) is 25.9 Å². The molecule has 4 heteroatoms. The Morgan fingerprint density at radius 1 is 1.36 bits per heavy atom. The molecule has 1 aromatic rings. The van der Waals surface area contributed by atoms with Crippen LogP contribution in [-0.4, -0.2) is 17.4 Å². The van der Waals surface area contributed by atoms with Gasteiger partial charge in [-0.15, -0.1) is 0 Å². The van der Waals surface area contributed by atoms with Crippen molar-refractivity contribution in [3.05, 3.63) is 24.2 Å². The van der Waals surface area contributed by atoms with E-state index in [9.17, 15) is 4.79 Å². The standard InChI is InChI=1S/C18H26N2O2/c19-12-6-13-20(15-17-10-5-14-22-17)18(21)11-4-9-16-7-2-1-3-8-16/h5,10,14,16H,1-4,6-9,11,13,15H2. The van der Waals surface area contributed by atoms with Crippen molar-refractivity contribution >= 4 is 5.91 Å². The molecule has 2 rings (SSSR count). The number of carbonyl (C=O) groups excluding carboxylic acids is 1. The predicted octanol–water partition coefficient (Wildman–Crippen LogP) is 4.27. The Bertz CT molecular complexity index is 470. The molecule has 120 valence electrons. The van der Waals surface area contributed by atoms with Crippen LogP contribution in [-0.2, 0) is 11.3 Å². The Morgan fingerprint density at radius 3 is 2.86 bits per heavy atom. The summed E-state index contributed by atoms with van der Waals surface area (Å²) in [7, 11) is 0. The summed E-state index contributed by atoms with van der Waals surface area (Å²) in [5.41, 5.74) is 0. The second-order valence-electron chi connectivity index (χ2n) is 6.20. The molecule has 0 aliphatic heterocycles. The highest BCUT2D eigenvalue weighted by atomic mass is 16.3. The minimum absolute atomic E-state index is 0.141. The maximum Gasteiger partial charge on any atom is 0.223 e. The van der Waals surface area contributed by atoms with Crippen LogP contribution in [0.25, 0.3) is 0 Å². The lowest BCUT2D eigenvalue weighted by atomic mass is 9.86. The molecule has 1 aliphatic rings. The summed E-state index contributed by atoms with van der Waals surface area (Å²) in [4.78, 5) is 14.1. The molecule has 1 aliphatic carbocycles. The number of hydrogen-bond donors (Lipinski definition) is 0. The van der Waals surface area contributed by atoms with Crippen LogP contribution in [0.1, 0.15) is 63.5 Å². The molecule has 1 fully saturated rings. The summed E-state index contributed by atoms with van der Waals surface area (Å²) in [5, 5.41) is 8.76. The fraction of sp³-hybridized carbons (Fsp3) is 0.667. The predicted molar refractivity (Wildman–Crippen MR) is 84.8 cm³/mol. The molecule has 0 unspecified atom stereocenters. The van der Waals surface area contributed by atoms with E-state index in [1.165, 1.54) is 38.5 Å². The molecule has 0 bridgehead atoms. The molecular weight excluding hydrogens is 276 g/mol. The Morgan fingerprint density at radius 2 is 2.18 bits per heavy atom. The van der Waals surface area contributed by atoms with E-state index in [2.05, 4.69) is 6.07 Å². The zero-order chi connectivity index (χ0) is 15.6. The Kier molecular flexibility index (Phi) is 7.02. The van der Waals surface area contributed by atoms with Crippen LogP contribution in [0, 0.1) is 17.2 Å². The molecule has 1 aromatic heterocycles. The molecule has 0 saturated heterocycles. The maximum absolute atomic E-state index is 12.4. The normalized spacial score (nSPS) is 15.4. The maximum atomic E-state index is 12.4. The van der Waals surface area contributed by atoms with Gasteiger partial charge in [-0.1, -0.05) is 32.1 Å². The van der Waals surface area contributed by atoms with Crippen molar-refractivity contribution in [1.29, 1.82) is 5.26 Å². The molecule has 4 nitrogen and oxygen atoms in total. The van der Waals surface area contributed by atoms with Crippen molar-refractivity contribution in [3.8, 4) is 6.07 Å². The quantitative estimate of drug-likeness (QED) is 0.720. The van der Waals surface area contributed by atoms with Crippen LogP contribution in [0.15, 0.2) is 22.8 Å². The van der Waals surface area contributed by atoms with Gasteiger partial charge in [-0.05, 0) is 30.9 Å². The van der Waals surface area contributed by atoms with Gasteiger partial charge >= 0.3 is 0 Å². The Labute approximate surface area is 133 Å². The minimum Gasteiger partial charge on any atom is -0.467 e. The lowest BCUT2D eigenvalue weighted by Crippen LogP contribution is -2.31. The highest BCUT2D eigenvalue weighted by Crippen LogP contribution is 2.27. The summed E-state index contributed by atoms with van der Waals surface area (Å²) in [6, 6.07) is 5.81. The van der Waals surface area contributed by atoms with E-state index in [0.717, 1.165) is 18.1 Å². The second-order valence-corrected chi connectivity index (χ2v) is 6.20. The first-order chi connectivity index (χ1) is 10.8. The number of rotatable bonds is 8. The Balaban J connectivity index is 1.76. The molecule has 0 atom stereocenters. The van der Waals surface area contributed by atoms with Crippen molar-refractivity contribution in [3.63, 3.8) is 0 Å². The van der Waals surface area contributed by atoms with Crippen LogP contribution >= 0.6 is 0 Å². The van der Waals surface area contributed by atoms with Gasteiger partial charge in [0, 0.05) is 13.0 Å². The van der Waals surface area contributed by atoms with Crippen molar-refractivity contribution in [2.45, 2.75) is 64.3 Å². The van der Waals surface area contributed by atoms with Gasteiger partial charge in [0.05, 0.1) is 25.3 Å². The first kappa shape index (κ1) is 16.6. The van der Waals surface area contributed by atoms with Gasteiger partial charge in [0.1, 0.15) is 5.76 Å². The van der Waals surface area contributed by atoms with E-state index in [1.807, 2.05) is 12.1 Å². The molecule has 0 radical (unpaired) electrons. The van der Waals surface area contributed by atoms with Crippen LogP contribution in [0.3, 0.4) is 0 Å². The van der Waals surface area contributed by atoms with Crippen LogP contribution < -0.4 is 0 Å². The first-order valence-electron chi connectivity index (χ1n) is 8.46. The van der Waals surface area contributed by atoms with Crippen LogP contribution in [0.5, 0.6) is 0 Å². The highest BCUT2D eigenvalue weighted by Gasteiger charge is 2.17. The average molecular weight is 302 g/mol. The van der Waals surface area contributed by atoms with Crippen LogP contribution in [0.2, 0.25) is 0 Å². The van der Waals surface area contributed by atoms with Gasteiger partial charge in [-0.2, -0.15) is 5.26 Å². The summed E-state index contributed by atoms with van der Waals surface area (Å²) in [5.74, 6) is 1.74. The molecule has 1 heterocycles. The van der Waals surface area contributed by atoms with Gasteiger partial charge in [0.25, 0.3) is 0 Å². The third-order valence-electron chi connectivity index (χ3n) is 4.50. The average Bonchev–Trinajstić information content (AvgIpc) is 3.05. The van der Waals surface area contributed by atoms with Gasteiger partial charge in [-0.3, -0.25) is 4.79 Å². The Hall–Kier alpha value is -1.76. The number of nitriles is 1. The molecule has 1 saturated carbocycles. The summed E-state index contributed by atoms with van der Waals surface area (Å²) >= 11 is 0. The lowest BCUT2D eigenvalue weighted by molar-refractivity contribution is -0.132. The third kappa shape index (κ3) is 5.55. The summed E-state index contributed by atoms with van der Waals surface area (Å²) < 4.78 is 5.32. The first-order valence-corrected chi connectivity index (χ1v) is 8.46. The van der Waals surface area contributed by atoms with E-state index in [1.54, 1.807) is 11.2 Å². The number of amides is 1. The number of carbonyl (C=O) groups is 1. The van der Waals surface area contributed by atoms with E-state index < -0.39 is 0 Å². The highest BCUT2D eigenvalue weighted by molar-refractivity contribution is 5.76. The molecule has 0 N–H and O–H groups in total. The van der Waals surface area contributed by atoms with E-state index in [4.69, 9.17) is 9.68 Å². The zero-order valence-corrected chi connectivity index (χ0v) is 13.3. The molecule has 0 spiro atoms. The number of hydrogen-bond acceptors (Lipinski definition) is 3. The van der Waals surface area contributed by atoms with Gasteiger partial charge in [0.2, 0.25) is 5.91 Å². The monoisotopic (exact) mass is 302 g/mol. The van der Waals surface area contributed by atoms with Gasteiger partial charge in [-0.25, -0.2) is 0 Å².